The molecule has 0 saturated carbocycles. The van der Waals surface area contributed by atoms with E-state index in [0.29, 0.717) is 12.3 Å². The third kappa shape index (κ3) is 3.33. The van der Waals surface area contributed by atoms with Gasteiger partial charge in [0.2, 0.25) is 5.91 Å². The zero-order chi connectivity index (χ0) is 17.2. The number of thiazole rings is 1. The Balaban J connectivity index is 1.30. The molecule has 0 unspecified atom stereocenters. The van der Waals surface area contributed by atoms with Gasteiger partial charge in [-0.2, -0.15) is 0 Å². The van der Waals surface area contributed by atoms with E-state index >= 15 is 0 Å². The summed E-state index contributed by atoms with van der Waals surface area (Å²) in [7, 11) is 0. The molecule has 0 aromatic carbocycles. The number of hydrogen-bond acceptors (Lipinski definition) is 4. The van der Waals surface area contributed by atoms with Crippen LogP contribution < -0.4 is 0 Å². The molecule has 132 valence electrons. The highest BCUT2D eigenvalue weighted by atomic mass is 32.1. The zero-order valence-corrected chi connectivity index (χ0v) is 15.3. The molecule has 1 amide bonds. The number of rotatable bonds is 5. The van der Waals surface area contributed by atoms with Crippen LogP contribution in [0.1, 0.15) is 43.1 Å². The molecule has 0 spiro atoms. The Kier molecular flexibility index (Phi) is 4.57. The van der Waals surface area contributed by atoms with Gasteiger partial charge in [-0.15, -0.1) is 11.3 Å². The van der Waals surface area contributed by atoms with Gasteiger partial charge in [-0.25, -0.2) is 9.97 Å². The Morgan fingerprint density at radius 3 is 2.92 bits per heavy atom. The average Bonchev–Trinajstić information content (AvgIpc) is 3.35. The van der Waals surface area contributed by atoms with E-state index in [1.807, 2.05) is 15.7 Å². The van der Waals surface area contributed by atoms with E-state index in [9.17, 15) is 4.79 Å². The minimum Gasteiger partial charge on any atom is -0.343 e. The van der Waals surface area contributed by atoms with Crippen LogP contribution in [0.5, 0.6) is 0 Å². The van der Waals surface area contributed by atoms with Crippen molar-refractivity contribution < 1.29 is 4.79 Å². The number of aryl methyl sites for hydroxylation is 2. The number of amides is 1. The molecular weight excluding hydrogens is 334 g/mol. The maximum Gasteiger partial charge on any atom is 0.222 e. The lowest BCUT2D eigenvalue weighted by Crippen LogP contribution is -2.38. The molecule has 25 heavy (non-hydrogen) atoms. The largest absolute Gasteiger partial charge is 0.343 e. The summed E-state index contributed by atoms with van der Waals surface area (Å²) in [6.07, 6.45) is 11.1. The lowest BCUT2D eigenvalue weighted by Gasteiger charge is -2.31. The number of imidazole rings is 2. The summed E-state index contributed by atoms with van der Waals surface area (Å²) in [4.78, 5) is 24.5. The minimum absolute atomic E-state index is 0.279. The van der Waals surface area contributed by atoms with Gasteiger partial charge in [-0.05, 0) is 26.2 Å². The van der Waals surface area contributed by atoms with E-state index in [1.54, 1.807) is 23.9 Å². The summed E-state index contributed by atoms with van der Waals surface area (Å²) >= 11 is 1.76. The molecule has 0 N–H and O–H groups in total. The Hall–Kier alpha value is -2.15. The first kappa shape index (κ1) is 16.3. The summed E-state index contributed by atoms with van der Waals surface area (Å²) in [5.41, 5.74) is 1.22. The van der Waals surface area contributed by atoms with Crippen LogP contribution in [-0.4, -0.2) is 42.8 Å². The number of fused-ring (bicyclic) bond motifs is 1. The molecule has 1 fully saturated rings. The normalized spacial score (nSPS) is 16.0. The third-order valence-corrected chi connectivity index (χ3v) is 5.95. The monoisotopic (exact) mass is 357 g/mol. The molecule has 1 saturated heterocycles. The molecule has 1 aliphatic rings. The van der Waals surface area contributed by atoms with Crippen LogP contribution in [0, 0.1) is 6.92 Å². The van der Waals surface area contributed by atoms with Crippen molar-refractivity contribution in [2.24, 2.45) is 0 Å². The molecule has 4 rings (SSSR count). The van der Waals surface area contributed by atoms with Crippen LogP contribution in [0.4, 0.5) is 0 Å². The number of likely N-dealkylation sites (tertiary alicyclic amines) is 1. The molecule has 0 atom stereocenters. The molecule has 0 radical (unpaired) electrons. The highest BCUT2D eigenvalue weighted by molar-refractivity contribution is 7.15. The van der Waals surface area contributed by atoms with Crippen molar-refractivity contribution >= 4 is 22.1 Å². The van der Waals surface area contributed by atoms with Crippen molar-refractivity contribution in [2.75, 3.05) is 13.1 Å². The molecule has 0 bridgehead atoms. The molecule has 6 nitrogen and oxygen atoms in total. The van der Waals surface area contributed by atoms with Crippen LogP contribution >= 0.6 is 11.3 Å². The fraction of sp³-hybridized carbons (Fsp3) is 0.500. The van der Waals surface area contributed by atoms with Crippen molar-refractivity contribution in [3.8, 4) is 0 Å². The molecule has 4 heterocycles. The van der Waals surface area contributed by atoms with Crippen molar-refractivity contribution in [3.63, 3.8) is 0 Å². The van der Waals surface area contributed by atoms with Crippen LogP contribution in [0.25, 0.3) is 4.83 Å². The van der Waals surface area contributed by atoms with Gasteiger partial charge in [0.05, 0.1) is 12.0 Å². The summed E-state index contributed by atoms with van der Waals surface area (Å²) in [6, 6.07) is 0. The van der Waals surface area contributed by atoms with Gasteiger partial charge in [-0.1, -0.05) is 0 Å². The van der Waals surface area contributed by atoms with Gasteiger partial charge < -0.3 is 9.47 Å². The summed E-state index contributed by atoms with van der Waals surface area (Å²) < 4.78 is 4.19. The van der Waals surface area contributed by atoms with Crippen molar-refractivity contribution in [3.05, 3.63) is 41.8 Å². The SMILES string of the molecule is Cc1nc(C2CCN(C(=O)CCCn3ccnc3)CC2)c2sccn12. The zero-order valence-electron chi connectivity index (χ0n) is 14.5. The first-order valence-electron chi connectivity index (χ1n) is 8.88. The second kappa shape index (κ2) is 7.00. The Labute approximate surface area is 151 Å². The number of aromatic nitrogens is 4. The lowest BCUT2D eigenvalue weighted by atomic mass is 9.94. The van der Waals surface area contributed by atoms with Gasteiger partial charge in [0.15, 0.2) is 0 Å². The summed E-state index contributed by atoms with van der Waals surface area (Å²) in [6.45, 7) is 4.60. The predicted octanol–water partition coefficient (Wildman–Crippen LogP) is 3.09. The number of hydrogen-bond donors (Lipinski definition) is 0. The average molecular weight is 357 g/mol. The van der Waals surface area contributed by atoms with Crippen LogP contribution in [0.2, 0.25) is 0 Å². The van der Waals surface area contributed by atoms with Gasteiger partial charge in [0.25, 0.3) is 0 Å². The third-order valence-electron chi connectivity index (χ3n) is 5.06. The second-order valence-corrected chi connectivity index (χ2v) is 7.58. The van der Waals surface area contributed by atoms with Crippen LogP contribution in [-0.2, 0) is 11.3 Å². The van der Waals surface area contributed by atoms with Crippen molar-refractivity contribution in [1.29, 1.82) is 0 Å². The van der Waals surface area contributed by atoms with E-state index in [0.717, 1.165) is 44.7 Å². The number of piperidine rings is 1. The van der Waals surface area contributed by atoms with Crippen LogP contribution in [0.15, 0.2) is 30.3 Å². The summed E-state index contributed by atoms with van der Waals surface area (Å²) in [5.74, 6) is 1.81. The number of nitrogens with zero attached hydrogens (tertiary/aromatic N) is 5. The number of carbonyl (C=O) groups excluding carboxylic acids is 1. The van der Waals surface area contributed by atoms with Gasteiger partial charge in [-0.3, -0.25) is 9.20 Å². The highest BCUT2D eigenvalue weighted by Gasteiger charge is 2.27. The molecular formula is C18H23N5OS. The van der Waals surface area contributed by atoms with E-state index in [-0.39, 0.29) is 5.91 Å². The van der Waals surface area contributed by atoms with Crippen molar-refractivity contribution in [2.45, 2.75) is 45.1 Å². The fourth-order valence-electron chi connectivity index (χ4n) is 3.65. The Morgan fingerprint density at radius 1 is 1.32 bits per heavy atom. The highest BCUT2D eigenvalue weighted by Crippen LogP contribution is 2.32. The lowest BCUT2D eigenvalue weighted by molar-refractivity contribution is -0.132. The standard InChI is InChI=1S/C18H23N5OS/c1-14-20-17(18-23(14)11-12-25-18)15-4-8-22(9-5-15)16(24)3-2-7-21-10-6-19-13-21/h6,10-13,15H,2-5,7-9H2,1H3. The fourth-order valence-corrected chi connectivity index (χ4v) is 4.60. The maximum atomic E-state index is 12.4. The molecule has 3 aromatic heterocycles. The smallest absolute Gasteiger partial charge is 0.222 e. The Morgan fingerprint density at radius 2 is 2.16 bits per heavy atom. The van der Waals surface area contributed by atoms with Gasteiger partial charge >= 0.3 is 0 Å². The second-order valence-electron chi connectivity index (χ2n) is 6.68. The molecule has 1 aliphatic heterocycles. The van der Waals surface area contributed by atoms with E-state index in [2.05, 4.69) is 27.9 Å². The Bertz CT molecular complexity index is 842. The number of carbonyl (C=O) groups is 1. The van der Waals surface area contributed by atoms with Crippen molar-refractivity contribution in [1.82, 2.24) is 23.8 Å². The minimum atomic E-state index is 0.279. The first-order chi connectivity index (χ1) is 12.2. The quantitative estimate of drug-likeness (QED) is 0.705. The van der Waals surface area contributed by atoms with Gasteiger partial charge in [0.1, 0.15) is 10.7 Å². The first-order valence-corrected chi connectivity index (χ1v) is 9.76. The summed E-state index contributed by atoms with van der Waals surface area (Å²) in [5, 5.41) is 2.12. The molecule has 7 heteroatoms. The predicted molar refractivity (Wildman–Crippen MR) is 97.8 cm³/mol. The molecule has 0 aliphatic carbocycles. The van der Waals surface area contributed by atoms with Gasteiger partial charge in [0, 0.05) is 55.9 Å². The molecule has 3 aromatic rings. The maximum absolute atomic E-state index is 12.4. The van der Waals surface area contributed by atoms with Crippen LogP contribution in [0.3, 0.4) is 0 Å². The topological polar surface area (TPSA) is 55.4 Å². The van der Waals surface area contributed by atoms with E-state index in [4.69, 9.17) is 4.98 Å². The van der Waals surface area contributed by atoms with E-state index in [1.165, 1.54) is 10.5 Å². The van der Waals surface area contributed by atoms with E-state index < -0.39 is 0 Å².